The van der Waals surface area contributed by atoms with Crippen molar-refractivity contribution in [3.8, 4) is 0 Å². The number of carbonyl (C=O) groups is 1. The molecule has 2 fully saturated rings. The first kappa shape index (κ1) is 12.6. The average Bonchev–Trinajstić information content (AvgIpc) is 2.99. The minimum Gasteiger partial charge on any atom is -0.426 e. The summed E-state index contributed by atoms with van der Waals surface area (Å²) >= 11 is 0. The monoisotopic (exact) mass is 266 g/mol. The number of β-lactam (4-membered cyclic amide) rings is 1. The molecule has 1 aromatic rings. The molecule has 0 bridgehead atoms. The summed E-state index contributed by atoms with van der Waals surface area (Å²) in [5.41, 5.74) is -0.438. The molecule has 2 saturated heterocycles. The lowest BCUT2D eigenvalue weighted by molar-refractivity contribution is -0.161. The van der Waals surface area contributed by atoms with Gasteiger partial charge in [0, 0.05) is 12.6 Å². The number of rotatable bonds is 3. The lowest BCUT2D eigenvalue weighted by Gasteiger charge is -2.50. The van der Waals surface area contributed by atoms with Gasteiger partial charge in [-0.1, -0.05) is 0 Å². The van der Waals surface area contributed by atoms with E-state index in [0.717, 1.165) is 12.8 Å². The highest BCUT2D eigenvalue weighted by atomic mass is 16.4. The van der Waals surface area contributed by atoms with E-state index in [1.165, 1.54) is 6.39 Å². The van der Waals surface area contributed by atoms with Crippen LogP contribution in [0.25, 0.3) is 0 Å². The molecule has 1 unspecified atom stereocenters. The predicted octanol–water partition coefficient (Wildman–Crippen LogP) is -0.156. The Morgan fingerprint density at radius 2 is 2.47 bits per heavy atom. The Morgan fingerprint density at radius 3 is 2.95 bits per heavy atom. The van der Waals surface area contributed by atoms with Gasteiger partial charge in [-0.3, -0.25) is 10.1 Å². The van der Waals surface area contributed by atoms with Crippen LogP contribution in [0.1, 0.15) is 38.6 Å². The molecule has 4 atom stereocenters. The van der Waals surface area contributed by atoms with Crippen molar-refractivity contribution in [2.45, 2.75) is 50.4 Å². The summed E-state index contributed by atoms with van der Waals surface area (Å²) in [5, 5.41) is 20.6. The highest BCUT2D eigenvalue weighted by Gasteiger charge is 2.58. The topological polar surface area (TPSA) is 91.5 Å². The van der Waals surface area contributed by atoms with Crippen molar-refractivity contribution in [3.63, 3.8) is 0 Å². The summed E-state index contributed by atoms with van der Waals surface area (Å²) in [5.74, 6) is 0.296. The highest BCUT2D eigenvalue weighted by molar-refractivity contribution is 5.93. The molecule has 7 nitrogen and oxygen atoms in total. The predicted molar refractivity (Wildman–Crippen MR) is 65.0 cm³/mol. The first-order valence-corrected chi connectivity index (χ1v) is 6.56. The van der Waals surface area contributed by atoms with Gasteiger partial charge in [0.1, 0.15) is 11.6 Å². The molecule has 0 aromatic carbocycles. The van der Waals surface area contributed by atoms with Gasteiger partial charge in [0.05, 0.1) is 6.10 Å². The lowest BCUT2D eigenvalue weighted by atomic mass is 9.84. The summed E-state index contributed by atoms with van der Waals surface area (Å²) in [7, 11) is 0. The van der Waals surface area contributed by atoms with Crippen LogP contribution in [0, 0.1) is 0 Å². The van der Waals surface area contributed by atoms with E-state index in [4.69, 9.17) is 4.42 Å². The third kappa shape index (κ3) is 1.84. The lowest BCUT2D eigenvalue weighted by Crippen LogP contribution is -2.72. The van der Waals surface area contributed by atoms with Crippen LogP contribution < -0.4 is 5.32 Å². The van der Waals surface area contributed by atoms with Crippen LogP contribution in [0.3, 0.4) is 0 Å². The molecule has 3 heterocycles. The fourth-order valence-electron chi connectivity index (χ4n) is 3.12. The molecule has 2 N–H and O–H groups in total. The van der Waals surface area contributed by atoms with E-state index in [0.29, 0.717) is 12.6 Å². The Hall–Kier alpha value is -1.47. The number of amides is 1. The largest absolute Gasteiger partial charge is 0.426 e. The van der Waals surface area contributed by atoms with Gasteiger partial charge in [-0.05, 0) is 26.7 Å². The van der Waals surface area contributed by atoms with Crippen LogP contribution in [0.5, 0.6) is 0 Å². The van der Waals surface area contributed by atoms with Crippen molar-refractivity contribution in [2.24, 2.45) is 0 Å². The molecule has 104 valence electrons. The van der Waals surface area contributed by atoms with Crippen molar-refractivity contribution in [3.05, 3.63) is 12.3 Å². The number of aromatic nitrogens is 2. The standard InChI is InChI=1S/C12H18N4O3/c1-7-3-4-12(14-7)5-16(11(12)18)9(8(2)17)10-15-13-6-19-10/h6-9,14,17H,3-5H2,1-2H3/t7?,8-,9+,12+/m1/s1. The van der Waals surface area contributed by atoms with Crippen molar-refractivity contribution >= 4 is 5.91 Å². The zero-order valence-electron chi connectivity index (χ0n) is 11.0. The maximum atomic E-state index is 12.4. The van der Waals surface area contributed by atoms with Gasteiger partial charge in [0.25, 0.3) is 0 Å². The van der Waals surface area contributed by atoms with Crippen LogP contribution in [0.4, 0.5) is 0 Å². The highest BCUT2D eigenvalue weighted by Crippen LogP contribution is 2.39. The first-order valence-electron chi connectivity index (χ1n) is 6.56. The number of likely N-dealkylation sites (tertiary alicyclic amines) is 1. The first-order chi connectivity index (χ1) is 9.03. The molecular weight excluding hydrogens is 248 g/mol. The van der Waals surface area contributed by atoms with Crippen molar-refractivity contribution < 1.29 is 14.3 Å². The van der Waals surface area contributed by atoms with E-state index in [1.54, 1.807) is 11.8 Å². The third-order valence-corrected chi connectivity index (χ3v) is 4.06. The van der Waals surface area contributed by atoms with E-state index in [9.17, 15) is 9.90 Å². The molecule has 0 aliphatic carbocycles. The van der Waals surface area contributed by atoms with Crippen LogP contribution in [0.15, 0.2) is 10.8 Å². The summed E-state index contributed by atoms with van der Waals surface area (Å²) in [6.45, 7) is 4.28. The van der Waals surface area contributed by atoms with Gasteiger partial charge in [0.15, 0.2) is 0 Å². The fourth-order valence-corrected chi connectivity index (χ4v) is 3.12. The maximum Gasteiger partial charge on any atom is 0.245 e. The summed E-state index contributed by atoms with van der Waals surface area (Å²) in [6, 6.07) is -0.196. The van der Waals surface area contributed by atoms with E-state index in [2.05, 4.69) is 22.4 Å². The molecule has 1 amide bonds. The third-order valence-electron chi connectivity index (χ3n) is 4.06. The number of aliphatic hydroxyl groups is 1. The van der Waals surface area contributed by atoms with Crippen LogP contribution in [0.2, 0.25) is 0 Å². The van der Waals surface area contributed by atoms with Gasteiger partial charge >= 0.3 is 0 Å². The molecule has 3 rings (SSSR count). The second-order valence-electron chi connectivity index (χ2n) is 5.56. The Morgan fingerprint density at radius 1 is 1.68 bits per heavy atom. The fraction of sp³-hybridized carbons (Fsp3) is 0.750. The molecular formula is C12H18N4O3. The van der Waals surface area contributed by atoms with Gasteiger partial charge < -0.3 is 14.4 Å². The summed E-state index contributed by atoms with van der Waals surface area (Å²) < 4.78 is 5.14. The average molecular weight is 266 g/mol. The van der Waals surface area contributed by atoms with Crippen LogP contribution in [-0.2, 0) is 4.79 Å². The van der Waals surface area contributed by atoms with Crippen LogP contribution in [-0.4, -0.2) is 50.3 Å². The molecule has 0 saturated carbocycles. The van der Waals surface area contributed by atoms with E-state index >= 15 is 0 Å². The zero-order valence-corrected chi connectivity index (χ0v) is 11.0. The quantitative estimate of drug-likeness (QED) is 0.739. The maximum absolute atomic E-state index is 12.4. The second kappa shape index (κ2) is 4.28. The van der Waals surface area contributed by atoms with Crippen molar-refractivity contribution in [1.29, 1.82) is 0 Å². The summed E-state index contributed by atoms with van der Waals surface area (Å²) in [6.07, 6.45) is 2.31. The van der Waals surface area contributed by atoms with Gasteiger partial charge in [0.2, 0.25) is 18.2 Å². The molecule has 2 aliphatic heterocycles. The normalized spacial score (nSPS) is 33.5. The molecule has 0 radical (unpaired) electrons. The number of aliphatic hydroxyl groups excluding tert-OH is 1. The van der Waals surface area contributed by atoms with E-state index in [1.807, 2.05) is 0 Å². The van der Waals surface area contributed by atoms with E-state index < -0.39 is 17.7 Å². The SMILES string of the molecule is CC1CC[C@@]2(CN([C@H](c3nnco3)[C@@H](C)O)C2=O)N1. The van der Waals surface area contributed by atoms with Crippen LogP contribution >= 0.6 is 0 Å². The second-order valence-corrected chi connectivity index (χ2v) is 5.56. The number of nitrogens with zero attached hydrogens (tertiary/aromatic N) is 3. The Labute approximate surface area is 111 Å². The van der Waals surface area contributed by atoms with E-state index in [-0.39, 0.29) is 11.8 Å². The Balaban J connectivity index is 1.79. The minimum atomic E-state index is -0.749. The molecule has 1 aromatic heterocycles. The minimum absolute atomic E-state index is 0.0148. The molecule has 7 heteroatoms. The number of hydrogen-bond donors (Lipinski definition) is 2. The summed E-state index contributed by atoms with van der Waals surface area (Å²) in [4.78, 5) is 14.0. The van der Waals surface area contributed by atoms with Crippen molar-refractivity contribution in [2.75, 3.05) is 6.54 Å². The number of hydrogen-bond acceptors (Lipinski definition) is 6. The number of carbonyl (C=O) groups excluding carboxylic acids is 1. The Kier molecular flexibility index (Phi) is 2.83. The van der Waals surface area contributed by atoms with Gasteiger partial charge in [-0.25, -0.2) is 0 Å². The molecule has 2 aliphatic rings. The zero-order chi connectivity index (χ0) is 13.6. The van der Waals surface area contributed by atoms with Crippen molar-refractivity contribution in [1.82, 2.24) is 20.4 Å². The van der Waals surface area contributed by atoms with Gasteiger partial charge in [-0.15, -0.1) is 10.2 Å². The molecule has 19 heavy (non-hydrogen) atoms. The smallest absolute Gasteiger partial charge is 0.245 e. The Bertz CT molecular complexity index is 475. The van der Waals surface area contributed by atoms with Gasteiger partial charge in [-0.2, -0.15) is 0 Å². The molecule has 1 spiro atoms. The number of nitrogens with one attached hydrogen (secondary N) is 1.